The van der Waals surface area contributed by atoms with Crippen molar-refractivity contribution >= 4 is 5.91 Å². The van der Waals surface area contributed by atoms with Crippen LogP contribution >= 0.6 is 0 Å². The summed E-state index contributed by atoms with van der Waals surface area (Å²) in [5, 5.41) is 2.69. The monoisotopic (exact) mass is 225 g/mol. The highest BCUT2D eigenvalue weighted by atomic mass is 19.1. The lowest BCUT2D eigenvalue weighted by Crippen LogP contribution is -2.40. The summed E-state index contributed by atoms with van der Waals surface area (Å²) < 4.78 is 18.4. The number of ether oxygens (including phenoxy) is 1. The first-order chi connectivity index (χ1) is 7.33. The largest absolute Gasteiger partial charge is 0.497 e. The zero-order chi connectivity index (χ0) is 12.3. The van der Waals surface area contributed by atoms with E-state index in [0.717, 1.165) is 0 Å². The summed E-state index contributed by atoms with van der Waals surface area (Å²) in [6.45, 7) is 5.51. The van der Waals surface area contributed by atoms with Gasteiger partial charge in [-0.25, -0.2) is 4.39 Å². The van der Waals surface area contributed by atoms with Gasteiger partial charge in [-0.15, -0.1) is 0 Å². The van der Waals surface area contributed by atoms with Gasteiger partial charge in [0.1, 0.15) is 11.6 Å². The molecular formula is C12H16FNO2. The van der Waals surface area contributed by atoms with Gasteiger partial charge < -0.3 is 10.1 Å². The molecule has 0 aliphatic rings. The molecule has 0 radical (unpaired) electrons. The molecule has 0 fully saturated rings. The van der Waals surface area contributed by atoms with Gasteiger partial charge in [0.25, 0.3) is 5.91 Å². The molecule has 0 heterocycles. The standard InChI is InChI=1S/C12H16FNO2/c1-12(2,3)14-11(15)9-7-8(16-4)5-6-10(9)13/h5-7H,1-4H3,(H,14,15). The molecule has 0 bridgehead atoms. The van der Waals surface area contributed by atoms with Gasteiger partial charge in [0.2, 0.25) is 0 Å². The van der Waals surface area contributed by atoms with E-state index in [1.807, 2.05) is 20.8 Å². The Hall–Kier alpha value is -1.58. The molecule has 0 aromatic heterocycles. The minimum absolute atomic E-state index is 0.00530. The third kappa shape index (κ3) is 3.22. The Morgan fingerprint density at radius 2 is 2.00 bits per heavy atom. The van der Waals surface area contributed by atoms with Crippen molar-refractivity contribution in [1.29, 1.82) is 0 Å². The molecule has 0 aliphatic heterocycles. The van der Waals surface area contributed by atoms with Crippen LogP contribution in [0.1, 0.15) is 31.1 Å². The first-order valence-electron chi connectivity index (χ1n) is 4.99. The van der Waals surface area contributed by atoms with Crippen molar-refractivity contribution in [2.45, 2.75) is 26.3 Å². The number of carbonyl (C=O) groups is 1. The number of methoxy groups -OCH3 is 1. The van der Waals surface area contributed by atoms with E-state index in [1.54, 1.807) is 0 Å². The number of hydrogen-bond acceptors (Lipinski definition) is 2. The maximum Gasteiger partial charge on any atom is 0.254 e. The zero-order valence-corrected chi connectivity index (χ0v) is 9.93. The van der Waals surface area contributed by atoms with Crippen LogP contribution in [0.4, 0.5) is 4.39 Å². The van der Waals surface area contributed by atoms with E-state index in [9.17, 15) is 9.18 Å². The predicted octanol–water partition coefficient (Wildman–Crippen LogP) is 2.36. The summed E-state index contributed by atoms with van der Waals surface area (Å²) in [5.41, 5.74) is -0.402. The van der Waals surface area contributed by atoms with E-state index in [4.69, 9.17) is 4.74 Å². The van der Waals surface area contributed by atoms with Crippen molar-refractivity contribution in [1.82, 2.24) is 5.32 Å². The molecule has 1 N–H and O–H groups in total. The van der Waals surface area contributed by atoms with Gasteiger partial charge in [0, 0.05) is 5.54 Å². The van der Waals surface area contributed by atoms with Gasteiger partial charge in [0.05, 0.1) is 12.7 Å². The Kier molecular flexibility index (Phi) is 3.52. The molecule has 1 aromatic rings. The lowest BCUT2D eigenvalue weighted by atomic mass is 10.1. The molecule has 1 rings (SSSR count). The van der Waals surface area contributed by atoms with Gasteiger partial charge in [-0.3, -0.25) is 4.79 Å². The molecule has 0 spiro atoms. The van der Waals surface area contributed by atoms with E-state index < -0.39 is 17.3 Å². The molecule has 0 saturated carbocycles. The highest BCUT2D eigenvalue weighted by Gasteiger charge is 2.18. The summed E-state index contributed by atoms with van der Waals surface area (Å²) in [5.74, 6) is -0.535. The number of nitrogens with one attached hydrogen (secondary N) is 1. The fourth-order valence-corrected chi connectivity index (χ4v) is 1.21. The Labute approximate surface area is 94.6 Å². The van der Waals surface area contributed by atoms with Gasteiger partial charge in [0.15, 0.2) is 0 Å². The smallest absolute Gasteiger partial charge is 0.254 e. The van der Waals surface area contributed by atoms with Crippen molar-refractivity contribution in [3.63, 3.8) is 0 Å². The second-order valence-corrected chi connectivity index (χ2v) is 4.55. The summed E-state index contributed by atoms with van der Waals surface area (Å²) >= 11 is 0. The molecule has 3 nitrogen and oxygen atoms in total. The molecule has 0 unspecified atom stereocenters. The highest BCUT2D eigenvalue weighted by Crippen LogP contribution is 2.17. The average Bonchev–Trinajstić information content (AvgIpc) is 2.15. The first-order valence-corrected chi connectivity index (χ1v) is 4.99. The lowest BCUT2D eigenvalue weighted by Gasteiger charge is -2.20. The molecule has 88 valence electrons. The minimum atomic E-state index is -0.553. The first kappa shape index (κ1) is 12.5. The number of rotatable bonds is 2. The average molecular weight is 225 g/mol. The van der Waals surface area contributed by atoms with Crippen LogP contribution in [0.15, 0.2) is 18.2 Å². The molecule has 1 amide bonds. The lowest BCUT2D eigenvalue weighted by molar-refractivity contribution is 0.0915. The van der Waals surface area contributed by atoms with Crippen molar-refractivity contribution in [2.75, 3.05) is 7.11 Å². The molecule has 1 aromatic carbocycles. The quantitative estimate of drug-likeness (QED) is 0.839. The Morgan fingerprint density at radius 3 is 2.50 bits per heavy atom. The molecule has 0 saturated heterocycles. The van der Waals surface area contributed by atoms with E-state index >= 15 is 0 Å². The number of amides is 1. The van der Waals surface area contributed by atoms with Crippen LogP contribution in [0.25, 0.3) is 0 Å². The van der Waals surface area contributed by atoms with E-state index in [1.165, 1.54) is 25.3 Å². The Balaban J connectivity index is 2.98. The Bertz CT molecular complexity index is 396. The minimum Gasteiger partial charge on any atom is -0.497 e. The van der Waals surface area contributed by atoms with Crippen LogP contribution in [0.3, 0.4) is 0 Å². The van der Waals surface area contributed by atoms with Crippen LogP contribution in [-0.2, 0) is 0 Å². The maximum absolute atomic E-state index is 13.4. The number of halogens is 1. The summed E-state index contributed by atoms with van der Waals surface area (Å²) in [4.78, 5) is 11.7. The molecule has 16 heavy (non-hydrogen) atoms. The van der Waals surface area contributed by atoms with E-state index in [0.29, 0.717) is 5.75 Å². The van der Waals surface area contributed by atoms with Crippen molar-refractivity contribution < 1.29 is 13.9 Å². The fraction of sp³-hybridized carbons (Fsp3) is 0.417. The van der Waals surface area contributed by atoms with Crippen molar-refractivity contribution in [3.05, 3.63) is 29.6 Å². The fourth-order valence-electron chi connectivity index (χ4n) is 1.21. The SMILES string of the molecule is COc1ccc(F)c(C(=O)NC(C)(C)C)c1. The zero-order valence-electron chi connectivity index (χ0n) is 9.93. The number of carbonyl (C=O) groups excluding carboxylic acids is 1. The van der Waals surface area contributed by atoms with Crippen LogP contribution < -0.4 is 10.1 Å². The van der Waals surface area contributed by atoms with Crippen molar-refractivity contribution in [3.8, 4) is 5.75 Å². The summed E-state index contributed by atoms with van der Waals surface area (Å²) in [6.07, 6.45) is 0. The predicted molar refractivity (Wildman–Crippen MR) is 60.2 cm³/mol. The highest BCUT2D eigenvalue weighted by molar-refractivity contribution is 5.95. The van der Waals surface area contributed by atoms with Gasteiger partial charge in [-0.1, -0.05) is 0 Å². The second-order valence-electron chi connectivity index (χ2n) is 4.55. The van der Waals surface area contributed by atoms with Crippen LogP contribution in [0.5, 0.6) is 5.75 Å². The molecule has 0 atom stereocenters. The van der Waals surface area contributed by atoms with Crippen LogP contribution in [0.2, 0.25) is 0 Å². The van der Waals surface area contributed by atoms with Gasteiger partial charge >= 0.3 is 0 Å². The number of benzene rings is 1. The van der Waals surface area contributed by atoms with Gasteiger partial charge in [-0.2, -0.15) is 0 Å². The van der Waals surface area contributed by atoms with Gasteiger partial charge in [-0.05, 0) is 39.0 Å². The molecule has 0 aliphatic carbocycles. The normalized spacial score (nSPS) is 11.1. The van der Waals surface area contributed by atoms with E-state index in [-0.39, 0.29) is 5.56 Å². The van der Waals surface area contributed by atoms with Crippen molar-refractivity contribution in [2.24, 2.45) is 0 Å². The van der Waals surface area contributed by atoms with E-state index in [2.05, 4.69) is 5.32 Å². The maximum atomic E-state index is 13.4. The second kappa shape index (κ2) is 4.51. The molecule has 4 heteroatoms. The topological polar surface area (TPSA) is 38.3 Å². The van der Waals surface area contributed by atoms with Crippen LogP contribution in [0, 0.1) is 5.82 Å². The van der Waals surface area contributed by atoms with Crippen LogP contribution in [-0.4, -0.2) is 18.6 Å². The summed E-state index contributed by atoms with van der Waals surface area (Å²) in [6, 6.07) is 4.08. The molecular weight excluding hydrogens is 209 g/mol. The number of hydrogen-bond donors (Lipinski definition) is 1. The summed E-state index contributed by atoms with van der Waals surface area (Å²) in [7, 11) is 1.47. The Morgan fingerprint density at radius 1 is 1.38 bits per heavy atom. The third-order valence-corrected chi connectivity index (χ3v) is 1.91. The third-order valence-electron chi connectivity index (χ3n) is 1.91.